The Labute approximate surface area is 160 Å². The lowest BCUT2D eigenvalue weighted by Gasteiger charge is -2.32. The summed E-state index contributed by atoms with van der Waals surface area (Å²) < 4.78 is 6.21. The molecule has 3 heterocycles. The minimum absolute atomic E-state index is 0.0503. The summed E-state index contributed by atoms with van der Waals surface area (Å²) in [7, 11) is 1.27. The summed E-state index contributed by atoms with van der Waals surface area (Å²) in [5.41, 5.74) is 0.0372. The first-order valence-corrected chi connectivity index (χ1v) is 9.68. The van der Waals surface area contributed by atoms with Crippen molar-refractivity contribution >= 4 is 38.7 Å². The van der Waals surface area contributed by atoms with Gasteiger partial charge in [-0.15, -0.1) is 0 Å². The van der Waals surface area contributed by atoms with Gasteiger partial charge in [0, 0.05) is 19.1 Å². The molecule has 2 aromatic rings. The van der Waals surface area contributed by atoms with E-state index in [9.17, 15) is 14.4 Å². The van der Waals surface area contributed by atoms with Crippen LogP contribution in [0.1, 0.15) is 26.7 Å². The quantitative estimate of drug-likeness (QED) is 0.748. The van der Waals surface area contributed by atoms with Crippen LogP contribution in [-0.2, 0) is 20.9 Å². The summed E-state index contributed by atoms with van der Waals surface area (Å²) in [6, 6.07) is 0.104. The van der Waals surface area contributed by atoms with E-state index in [1.165, 1.54) is 29.3 Å². The lowest BCUT2D eigenvalue weighted by atomic mass is 9.97. The van der Waals surface area contributed by atoms with Crippen molar-refractivity contribution in [2.45, 2.75) is 39.3 Å². The molecule has 1 aliphatic heterocycles. The molecule has 0 saturated carbocycles. The van der Waals surface area contributed by atoms with Crippen molar-refractivity contribution in [2.24, 2.45) is 5.92 Å². The first-order chi connectivity index (χ1) is 12.9. The number of carbonyl (C=O) groups is 2. The van der Waals surface area contributed by atoms with E-state index in [0.717, 1.165) is 19.4 Å². The summed E-state index contributed by atoms with van der Waals surface area (Å²) in [6.45, 7) is 5.04. The largest absolute Gasteiger partial charge is 0.468 e. The minimum atomic E-state index is -0.516. The van der Waals surface area contributed by atoms with Crippen molar-refractivity contribution in [3.05, 3.63) is 16.7 Å². The number of rotatable bonds is 5. The van der Waals surface area contributed by atoms with Crippen LogP contribution in [0.4, 0.5) is 5.13 Å². The number of anilines is 1. The van der Waals surface area contributed by atoms with Gasteiger partial charge in [-0.3, -0.25) is 19.0 Å². The van der Waals surface area contributed by atoms with E-state index in [1.54, 1.807) is 0 Å². The number of piperidine rings is 1. The van der Waals surface area contributed by atoms with Crippen LogP contribution in [0.3, 0.4) is 0 Å². The molecule has 1 saturated heterocycles. The van der Waals surface area contributed by atoms with Crippen LogP contribution < -0.4 is 15.8 Å². The second-order valence-electron chi connectivity index (χ2n) is 6.85. The molecule has 3 rings (SSSR count). The topological polar surface area (TPSA) is 106 Å². The zero-order valence-electron chi connectivity index (χ0n) is 15.6. The van der Waals surface area contributed by atoms with Crippen molar-refractivity contribution in [1.82, 2.24) is 19.9 Å². The fraction of sp³-hybridized carbons (Fsp3) is 0.588. The number of methoxy groups -OCH3 is 1. The van der Waals surface area contributed by atoms with Gasteiger partial charge in [0.1, 0.15) is 17.6 Å². The number of ether oxygens (including phenoxy) is 1. The molecule has 0 spiro atoms. The van der Waals surface area contributed by atoms with Crippen LogP contribution in [0, 0.1) is 5.92 Å². The number of carbonyl (C=O) groups excluding carboxylic acids is 2. The van der Waals surface area contributed by atoms with Crippen molar-refractivity contribution in [2.75, 3.05) is 25.1 Å². The van der Waals surface area contributed by atoms with Crippen LogP contribution in [-0.4, -0.2) is 52.7 Å². The van der Waals surface area contributed by atoms with Crippen molar-refractivity contribution < 1.29 is 14.3 Å². The molecule has 1 aliphatic rings. The number of amides is 1. The number of aromatic nitrogens is 3. The molecule has 0 aromatic carbocycles. The maximum atomic E-state index is 12.6. The predicted octanol–water partition coefficient (Wildman–Crippen LogP) is 0.767. The van der Waals surface area contributed by atoms with Crippen LogP contribution in [0.2, 0.25) is 0 Å². The molecular weight excluding hydrogens is 370 g/mol. The Hall–Kier alpha value is -2.49. The van der Waals surface area contributed by atoms with Crippen LogP contribution >= 0.6 is 11.3 Å². The van der Waals surface area contributed by atoms with Gasteiger partial charge in [-0.05, 0) is 26.7 Å². The highest BCUT2D eigenvalue weighted by molar-refractivity contribution is 7.22. The highest BCUT2D eigenvalue weighted by atomic mass is 32.1. The van der Waals surface area contributed by atoms with Crippen molar-refractivity contribution in [3.63, 3.8) is 0 Å². The monoisotopic (exact) mass is 393 g/mol. The number of hydrogen-bond acceptors (Lipinski definition) is 8. The SMILES string of the molecule is COC(=O)Cn1cnc2nc(N3CCCC(C(=O)NC(C)C)C3)sc2c1=O. The fourth-order valence-corrected chi connectivity index (χ4v) is 4.06. The third-order valence-electron chi connectivity index (χ3n) is 4.39. The predicted molar refractivity (Wildman–Crippen MR) is 102 cm³/mol. The van der Waals surface area contributed by atoms with Gasteiger partial charge in [-0.1, -0.05) is 11.3 Å². The van der Waals surface area contributed by atoms with Gasteiger partial charge in [-0.25, -0.2) is 4.98 Å². The Kier molecular flexibility index (Phi) is 5.73. The highest BCUT2D eigenvalue weighted by Gasteiger charge is 2.28. The molecular formula is C17H23N5O4S. The molecule has 1 unspecified atom stereocenters. The zero-order valence-corrected chi connectivity index (χ0v) is 16.4. The molecule has 0 aliphatic carbocycles. The first kappa shape index (κ1) is 19.3. The molecule has 1 N–H and O–H groups in total. The van der Waals surface area contributed by atoms with Gasteiger partial charge in [0.15, 0.2) is 10.8 Å². The normalized spacial score (nSPS) is 17.3. The van der Waals surface area contributed by atoms with Crippen LogP contribution in [0.5, 0.6) is 0 Å². The van der Waals surface area contributed by atoms with Crippen molar-refractivity contribution in [1.29, 1.82) is 0 Å². The Morgan fingerprint density at radius 3 is 2.93 bits per heavy atom. The van der Waals surface area contributed by atoms with Crippen LogP contribution in [0.25, 0.3) is 10.3 Å². The van der Waals surface area contributed by atoms with Gasteiger partial charge >= 0.3 is 5.97 Å². The number of thiazole rings is 1. The van der Waals surface area contributed by atoms with Gasteiger partial charge in [0.05, 0.1) is 13.0 Å². The van der Waals surface area contributed by atoms with Gasteiger partial charge in [-0.2, -0.15) is 4.98 Å². The maximum absolute atomic E-state index is 12.6. The molecule has 146 valence electrons. The lowest BCUT2D eigenvalue weighted by molar-refractivity contribution is -0.141. The molecule has 1 fully saturated rings. The average Bonchev–Trinajstić information content (AvgIpc) is 3.08. The molecule has 10 heteroatoms. The number of nitrogens with one attached hydrogen (secondary N) is 1. The van der Waals surface area contributed by atoms with E-state index in [4.69, 9.17) is 0 Å². The molecule has 0 bridgehead atoms. The Morgan fingerprint density at radius 2 is 2.22 bits per heavy atom. The number of nitrogens with zero attached hydrogens (tertiary/aromatic N) is 4. The first-order valence-electron chi connectivity index (χ1n) is 8.87. The maximum Gasteiger partial charge on any atom is 0.325 e. The summed E-state index contributed by atoms with van der Waals surface area (Å²) in [5.74, 6) is -0.565. The molecule has 1 atom stereocenters. The second kappa shape index (κ2) is 8.03. The molecule has 27 heavy (non-hydrogen) atoms. The van der Waals surface area contributed by atoms with Crippen molar-refractivity contribution in [3.8, 4) is 0 Å². The highest BCUT2D eigenvalue weighted by Crippen LogP contribution is 2.29. The summed E-state index contributed by atoms with van der Waals surface area (Å²) in [5, 5.41) is 3.63. The van der Waals surface area contributed by atoms with E-state index < -0.39 is 5.97 Å². The van der Waals surface area contributed by atoms with E-state index in [2.05, 4.69) is 20.0 Å². The summed E-state index contributed by atoms with van der Waals surface area (Å²) in [4.78, 5) is 47.0. The smallest absolute Gasteiger partial charge is 0.325 e. The standard InChI is InChI=1S/C17H23N5O4S/c1-10(2)19-15(24)11-5-4-6-21(7-11)17-20-14-13(27-17)16(25)22(9-18-14)8-12(23)26-3/h9-11H,4-8H2,1-3H3,(H,19,24). The molecule has 1 amide bonds. The Balaban J connectivity index is 1.82. The number of esters is 1. The number of fused-ring (bicyclic) bond motifs is 1. The summed E-state index contributed by atoms with van der Waals surface area (Å²) in [6.07, 6.45) is 3.02. The molecule has 0 radical (unpaired) electrons. The van der Waals surface area contributed by atoms with E-state index in [-0.39, 0.29) is 30.0 Å². The lowest BCUT2D eigenvalue weighted by Crippen LogP contribution is -2.44. The summed E-state index contributed by atoms with van der Waals surface area (Å²) >= 11 is 1.24. The second-order valence-corrected chi connectivity index (χ2v) is 7.83. The fourth-order valence-electron chi connectivity index (χ4n) is 3.05. The van der Waals surface area contributed by atoms with E-state index in [1.807, 2.05) is 18.7 Å². The van der Waals surface area contributed by atoms with Gasteiger partial charge in [0.2, 0.25) is 5.91 Å². The Bertz CT molecular complexity index is 906. The number of hydrogen-bond donors (Lipinski definition) is 1. The average molecular weight is 393 g/mol. The van der Waals surface area contributed by atoms with Gasteiger partial charge in [0.25, 0.3) is 5.56 Å². The Morgan fingerprint density at radius 1 is 1.44 bits per heavy atom. The third-order valence-corrected chi connectivity index (χ3v) is 5.49. The van der Waals surface area contributed by atoms with Gasteiger partial charge < -0.3 is 15.0 Å². The molecule has 2 aromatic heterocycles. The molecule has 9 nitrogen and oxygen atoms in total. The third kappa shape index (κ3) is 4.26. The van der Waals surface area contributed by atoms with E-state index >= 15 is 0 Å². The van der Waals surface area contributed by atoms with Crippen LogP contribution in [0.15, 0.2) is 11.1 Å². The van der Waals surface area contributed by atoms with E-state index in [0.29, 0.717) is 22.0 Å². The minimum Gasteiger partial charge on any atom is -0.468 e. The zero-order chi connectivity index (χ0) is 19.6.